The molecule has 0 aliphatic heterocycles. The van der Waals surface area contributed by atoms with Gasteiger partial charge in [-0.1, -0.05) is 13.8 Å². The van der Waals surface area contributed by atoms with Crippen LogP contribution >= 0.6 is 0 Å². The maximum absolute atomic E-state index is 11.2. The van der Waals surface area contributed by atoms with Crippen molar-refractivity contribution in [2.75, 3.05) is 27.2 Å². The average Bonchev–Trinajstić information content (AvgIpc) is 2.30. The highest BCUT2D eigenvalue weighted by atomic mass is 16.5. The normalized spacial score (nSPS) is 26.7. The second-order valence-electron chi connectivity index (χ2n) is 5.42. The number of nitrogens with one attached hydrogen (secondary N) is 1. The van der Waals surface area contributed by atoms with Crippen molar-refractivity contribution in [2.45, 2.75) is 45.8 Å². The maximum atomic E-state index is 11.2. The molecule has 2 atom stereocenters. The fourth-order valence-corrected chi connectivity index (χ4v) is 2.66. The summed E-state index contributed by atoms with van der Waals surface area (Å²) in [5.41, 5.74) is 0.188. The number of carbonyl (C=O) groups excluding carboxylic acids is 1. The maximum Gasteiger partial charge on any atom is 0.221 e. The van der Waals surface area contributed by atoms with Crippen LogP contribution < -0.4 is 5.32 Å². The van der Waals surface area contributed by atoms with E-state index < -0.39 is 0 Å². The molecule has 4 nitrogen and oxygen atoms in total. The standard InChI is InChI=1S/C13H26N2O2/c1-6-17-11-9-10(13(11,2)3)15(5)8-7-12(16)14-4/h10-11H,6-9H2,1-5H3,(H,14,16). The highest BCUT2D eigenvalue weighted by Crippen LogP contribution is 2.45. The molecule has 1 aliphatic rings. The van der Waals surface area contributed by atoms with Crippen molar-refractivity contribution >= 4 is 5.91 Å². The van der Waals surface area contributed by atoms with E-state index in [1.54, 1.807) is 7.05 Å². The molecule has 1 rings (SSSR count). The summed E-state index contributed by atoms with van der Waals surface area (Å²) in [4.78, 5) is 13.5. The first-order valence-corrected chi connectivity index (χ1v) is 6.45. The summed E-state index contributed by atoms with van der Waals surface area (Å²) in [6.45, 7) is 8.13. The number of carbonyl (C=O) groups is 1. The van der Waals surface area contributed by atoms with E-state index in [2.05, 4.69) is 31.1 Å². The van der Waals surface area contributed by atoms with Crippen molar-refractivity contribution in [2.24, 2.45) is 5.41 Å². The average molecular weight is 242 g/mol. The SMILES string of the molecule is CCOC1CC(N(C)CCC(=O)NC)C1(C)C. The summed E-state index contributed by atoms with van der Waals surface area (Å²) in [5.74, 6) is 0.107. The van der Waals surface area contributed by atoms with Crippen LogP contribution in [0.25, 0.3) is 0 Å². The lowest BCUT2D eigenvalue weighted by Crippen LogP contribution is -2.61. The van der Waals surface area contributed by atoms with E-state index in [4.69, 9.17) is 4.74 Å². The molecule has 0 saturated heterocycles. The second kappa shape index (κ2) is 5.83. The monoisotopic (exact) mass is 242 g/mol. The minimum atomic E-state index is 0.107. The second-order valence-corrected chi connectivity index (χ2v) is 5.42. The molecule has 0 bridgehead atoms. The zero-order valence-electron chi connectivity index (χ0n) is 11.7. The molecule has 1 fully saturated rings. The third-order valence-corrected chi connectivity index (χ3v) is 4.00. The van der Waals surface area contributed by atoms with Crippen LogP contribution in [0.4, 0.5) is 0 Å². The third-order valence-electron chi connectivity index (χ3n) is 4.00. The fraction of sp³-hybridized carbons (Fsp3) is 0.923. The number of rotatable bonds is 6. The third kappa shape index (κ3) is 3.19. The van der Waals surface area contributed by atoms with Gasteiger partial charge in [-0.2, -0.15) is 0 Å². The molecule has 1 saturated carbocycles. The summed E-state index contributed by atoms with van der Waals surface area (Å²) in [6.07, 6.45) is 2.00. The molecule has 2 unspecified atom stereocenters. The molecule has 0 spiro atoms. The van der Waals surface area contributed by atoms with Gasteiger partial charge in [0.2, 0.25) is 5.91 Å². The number of hydrogen-bond acceptors (Lipinski definition) is 3. The summed E-state index contributed by atoms with van der Waals surface area (Å²) in [5, 5.41) is 2.65. The molecule has 0 aromatic carbocycles. The Kier molecular flexibility index (Phi) is 4.95. The summed E-state index contributed by atoms with van der Waals surface area (Å²) >= 11 is 0. The van der Waals surface area contributed by atoms with Gasteiger partial charge >= 0.3 is 0 Å². The van der Waals surface area contributed by atoms with Crippen LogP contribution in [0.2, 0.25) is 0 Å². The molecule has 4 heteroatoms. The van der Waals surface area contributed by atoms with E-state index in [1.165, 1.54) is 0 Å². The predicted molar refractivity (Wildman–Crippen MR) is 68.9 cm³/mol. The van der Waals surface area contributed by atoms with Gasteiger partial charge < -0.3 is 15.0 Å². The van der Waals surface area contributed by atoms with Gasteiger partial charge in [-0.15, -0.1) is 0 Å². The zero-order valence-corrected chi connectivity index (χ0v) is 11.7. The predicted octanol–water partition coefficient (Wildman–Crippen LogP) is 1.26. The van der Waals surface area contributed by atoms with Gasteiger partial charge in [-0.3, -0.25) is 4.79 Å². The molecular weight excluding hydrogens is 216 g/mol. The molecule has 0 heterocycles. The first-order valence-electron chi connectivity index (χ1n) is 6.45. The Balaban J connectivity index is 2.39. The summed E-state index contributed by atoms with van der Waals surface area (Å²) in [7, 11) is 3.78. The van der Waals surface area contributed by atoms with Crippen molar-refractivity contribution < 1.29 is 9.53 Å². The Hall–Kier alpha value is -0.610. The minimum absolute atomic E-state index is 0.107. The zero-order chi connectivity index (χ0) is 13.1. The Morgan fingerprint density at radius 3 is 2.65 bits per heavy atom. The lowest BCUT2D eigenvalue weighted by atomic mass is 9.64. The fourth-order valence-electron chi connectivity index (χ4n) is 2.66. The van der Waals surface area contributed by atoms with Crippen LogP contribution in [-0.4, -0.2) is 50.2 Å². The number of nitrogens with zero attached hydrogens (tertiary/aromatic N) is 1. The van der Waals surface area contributed by atoms with Crippen molar-refractivity contribution in [1.82, 2.24) is 10.2 Å². The Labute approximate surface area is 105 Å². The van der Waals surface area contributed by atoms with Gasteiger partial charge in [-0.05, 0) is 20.4 Å². The van der Waals surface area contributed by atoms with Gasteiger partial charge in [0.25, 0.3) is 0 Å². The van der Waals surface area contributed by atoms with Gasteiger partial charge in [0.15, 0.2) is 0 Å². The van der Waals surface area contributed by atoms with Crippen molar-refractivity contribution in [3.8, 4) is 0 Å². The molecule has 0 aromatic heterocycles. The molecule has 0 radical (unpaired) electrons. The topological polar surface area (TPSA) is 41.6 Å². The van der Waals surface area contributed by atoms with Crippen LogP contribution in [0.15, 0.2) is 0 Å². The lowest BCUT2D eigenvalue weighted by molar-refractivity contribution is -0.146. The smallest absolute Gasteiger partial charge is 0.221 e. The molecule has 1 aliphatic carbocycles. The first-order chi connectivity index (χ1) is 7.93. The number of hydrogen-bond donors (Lipinski definition) is 1. The molecule has 1 N–H and O–H groups in total. The van der Waals surface area contributed by atoms with Gasteiger partial charge in [0.1, 0.15) is 0 Å². The van der Waals surface area contributed by atoms with Crippen LogP contribution in [0, 0.1) is 5.41 Å². The summed E-state index contributed by atoms with van der Waals surface area (Å²) in [6, 6.07) is 0.517. The molecule has 1 amide bonds. The van der Waals surface area contributed by atoms with Crippen LogP contribution in [0.5, 0.6) is 0 Å². The van der Waals surface area contributed by atoms with E-state index in [0.717, 1.165) is 19.6 Å². The highest BCUT2D eigenvalue weighted by Gasteiger charge is 2.50. The Bertz CT molecular complexity index is 266. The molecule has 100 valence electrons. The highest BCUT2D eigenvalue weighted by molar-refractivity contribution is 5.75. The lowest BCUT2D eigenvalue weighted by Gasteiger charge is -2.55. The van der Waals surface area contributed by atoms with Crippen molar-refractivity contribution in [3.63, 3.8) is 0 Å². The quantitative estimate of drug-likeness (QED) is 0.762. The molecule has 0 aromatic rings. The van der Waals surface area contributed by atoms with E-state index >= 15 is 0 Å². The Morgan fingerprint density at radius 1 is 1.53 bits per heavy atom. The summed E-state index contributed by atoms with van der Waals surface area (Å²) < 4.78 is 5.71. The van der Waals surface area contributed by atoms with E-state index in [-0.39, 0.29) is 11.3 Å². The van der Waals surface area contributed by atoms with Crippen LogP contribution in [-0.2, 0) is 9.53 Å². The number of amides is 1. The van der Waals surface area contributed by atoms with Crippen LogP contribution in [0.1, 0.15) is 33.6 Å². The van der Waals surface area contributed by atoms with E-state index in [9.17, 15) is 4.79 Å². The van der Waals surface area contributed by atoms with E-state index in [1.807, 2.05) is 6.92 Å². The van der Waals surface area contributed by atoms with Gasteiger partial charge in [0.05, 0.1) is 6.10 Å². The van der Waals surface area contributed by atoms with Gasteiger partial charge in [0, 0.05) is 38.1 Å². The largest absolute Gasteiger partial charge is 0.378 e. The Morgan fingerprint density at radius 2 is 2.18 bits per heavy atom. The van der Waals surface area contributed by atoms with E-state index in [0.29, 0.717) is 18.6 Å². The van der Waals surface area contributed by atoms with Crippen LogP contribution in [0.3, 0.4) is 0 Å². The van der Waals surface area contributed by atoms with Crippen molar-refractivity contribution in [1.29, 1.82) is 0 Å². The molecule has 17 heavy (non-hydrogen) atoms. The first kappa shape index (κ1) is 14.5. The molecular formula is C13H26N2O2. The van der Waals surface area contributed by atoms with Gasteiger partial charge in [-0.25, -0.2) is 0 Å². The minimum Gasteiger partial charge on any atom is -0.378 e. The number of ether oxygens (including phenoxy) is 1. The van der Waals surface area contributed by atoms with Crippen molar-refractivity contribution in [3.05, 3.63) is 0 Å².